The quantitative estimate of drug-likeness (QED) is 0.134. The number of hydrogen-bond donors (Lipinski definition) is 3. The summed E-state index contributed by atoms with van der Waals surface area (Å²) in [4.78, 5) is 16.9. The van der Waals surface area contributed by atoms with E-state index in [1.165, 1.54) is 18.2 Å². The highest BCUT2D eigenvalue weighted by Gasteiger charge is 2.15. The number of nitrogens with one attached hydrogen (secondary N) is 2. The zero-order valence-corrected chi connectivity index (χ0v) is 23.7. The number of aromatic hydroxyl groups is 1. The van der Waals surface area contributed by atoms with Crippen molar-refractivity contribution in [2.75, 3.05) is 5.32 Å². The Labute approximate surface area is 245 Å². The van der Waals surface area contributed by atoms with Crippen molar-refractivity contribution < 1.29 is 18.7 Å². The Morgan fingerprint density at radius 2 is 1.85 bits per heavy atom. The summed E-state index contributed by atoms with van der Waals surface area (Å²) in [6.45, 7) is 4.22. The minimum atomic E-state index is -0.468. The number of rotatable bonds is 6. The highest BCUT2D eigenvalue weighted by molar-refractivity contribution is 7.80. The van der Waals surface area contributed by atoms with Crippen LogP contribution < -0.4 is 10.6 Å². The van der Waals surface area contributed by atoms with Gasteiger partial charge in [0.25, 0.3) is 0 Å². The highest BCUT2D eigenvalue weighted by Crippen LogP contribution is 2.35. The average Bonchev–Trinajstić information content (AvgIpc) is 3.55. The van der Waals surface area contributed by atoms with Gasteiger partial charge in [-0.15, -0.1) is 0 Å². The van der Waals surface area contributed by atoms with Gasteiger partial charge in [0.05, 0.1) is 15.6 Å². The molecule has 0 aliphatic heterocycles. The van der Waals surface area contributed by atoms with Gasteiger partial charge in [-0.3, -0.25) is 10.1 Å². The number of amides is 1. The molecule has 10 heteroatoms. The van der Waals surface area contributed by atoms with Crippen LogP contribution in [0.25, 0.3) is 40.0 Å². The van der Waals surface area contributed by atoms with Gasteiger partial charge in [-0.05, 0) is 78.3 Å². The Hall–Kier alpha value is -4.11. The van der Waals surface area contributed by atoms with E-state index < -0.39 is 5.91 Å². The molecule has 0 atom stereocenters. The molecule has 3 N–H and O–H groups in total. The molecule has 0 bridgehead atoms. The van der Waals surface area contributed by atoms with Gasteiger partial charge in [-0.1, -0.05) is 49.2 Å². The van der Waals surface area contributed by atoms with Crippen LogP contribution in [-0.4, -0.2) is 21.1 Å². The lowest BCUT2D eigenvalue weighted by Gasteiger charge is -2.09. The number of carbonyl (C=O) groups is 1. The van der Waals surface area contributed by atoms with Gasteiger partial charge < -0.3 is 19.3 Å². The highest BCUT2D eigenvalue weighted by atomic mass is 35.5. The van der Waals surface area contributed by atoms with Crippen LogP contribution >= 0.6 is 35.4 Å². The average molecular weight is 593 g/mol. The molecule has 0 saturated carbocycles. The van der Waals surface area contributed by atoms with Crippen molar-refractivity contribution in [1.82, 2.24) is 10.3 Å². The Kier molecular flexibility index (Phi) is 7.93. The van der Waals surface area contributed by atoms with Crippen molar-refractivity contribution in [1.29, 1.82) is 0 Å². The molecular formula is C30H23Cl2N3O4S. The van der Waals surface area contributed by atoms with Gasteiger partial charge in [0.15, 0.2) is 10.7 Å². The van der Waals surface area contributed by atoms with Crippen molar-refractivity contribution in [2.24, 2.45) is 0 Å². The second kappa shape index (κ2) is 11.6. The fraction of sp³-hybridized carbons (Fsp3) is 0.100. The molecule has 0 saturated heterocycles. The number of furan rings is 1. The second-order valence-electron chi connectivity index (χ2n) is 9.21. The third-order valence-corrected chi connectivity index (χ3v) is 7.07. The summed E-state index contributed by atoms with van der Waals surface area (Å²) in [7, 11) is 0. The van der Waals surface area contributed by atoms with E-state index in [1.807, 2.05) is 18.2 Å². The van der Waals surface area contributed by atoms with Crippen LogP contribution in [0.15, 0.2) is 81.6 Å². The normalized spacial score (nSPS) is 11.4. The molecule has 0 aliphatic carbocycles. The van der Waals surface area contributed by atoms with Crippen LogP contribution in [0.1, 0.15) is 31.1 Å². The molecule has 5 aromatic rings. The maximum Gasteiger partial charge on any atom is 0.250 e. The molecule has 1 amide bonds. The summed E-state index contributed by atoms with van der Waals surface area (Å²) in [5.41, 5.74) is 4.06. The molecule has 202 valence electrons. The summed E-state index contributed by atoms with van der Waals surface area (Å²) in [5.74, 6) is 1.11. The number of thiocarbonyl (C=S) groups is 1. The van der Waals surface area contributed by atoms with E-state index in [4.69, 9.17) is 44.3 Å². The van der Waals surface area contributed by atoms with Gasteiger partial charge in [-0.2, -0.15) is 0 Å². The van der Waals surface area contributed by atoms with Crippen molar-refractivity contribution in [3.63, 3.8) is 0 Å². The lowest BCUT2D eigenvalue weighted by atomic mass is 10.0. The van der Waals surface area contributed by atoms with E-state index in [1.54, 1.807) is 42.5 Å². The Morgan fingerprint density at radius 1 is 1.02 bits per heavy atom. The van der Waals surface area contributed by atoms with Gasteiger partial charge >= 0.3 is 0 Å². The minimum absolute atomic E-state index is 0.0516. The summed E-state index contributed by atoms with van der Waals surface area (Å²) in [6.07, 6.45) is 2.79. The van der Waals surface area contributed by atoms with Crippen LogP contribution in [0.4, 0.5) is 5.69 Å². The smallest absolute Gasteiger partial charge is 0.250 e. The Balaban J connectivity index is 1.21. The van der Waals surface area contributed by atoms with Crippen LogP contribution in [-0.2, 0) is 4.79 Å². The zero-order chi connectivity index (χ0) is 28.4. The lowest BCUT2D eigenvalue weighted by molar-refractivity contribution is -0.115. The van der Waals surface area contributed by atoms with Crippen LogP contribution in [0.2, 0.25) is 10.0 Å². The molecule has 7 nitrogen and oxygen atoms in total. The van der Waals surface area contributed by atoms with E-state index in [9.17, 15) is 9.90 Å². The molecule has 0 aliphatic rings. The minimum Gasteiger partial charge on any atom is -0.507 e. The number of oxazole rings is 1. The van der Waals surface area contributed by atoms with Gasteiger partial charge in [-0.25, -0.2) is 4.98 Å². The molecule has 2 heterocycles. The number of nitrogens with zero attached hydrogens (tertiary/aromatic N) is 1. The maximum atomic E-state index is 12.4. The maximum absolute atomic E-state index is 12.4. The van der Waals surface area contributed by atoms with Gasteiger partial charge in [0, 0.05) is 23.4 Å². The first kappa shape index (κ1) is 27.5. The zero-order valence-electron chi connectivity index (χ0n) is 21.4. The van der Waals surface area contributed by atoms with Gasteiger partial charge in [0.1, 0.15) is 22.8 Å². The number of benzene rings is 3. The molecule has 0 spiro atoms. The van der Waals surface area contributed by atoms with Gasteiger partial charge in [0.2, 0.25) is 11.8 Å². The van der Waals surface area contributed by atoms with E-state index in [2.05, 4.69) is 29.5 Å². The summed E-state index contributed by atoms with van der Waals surface area (Å²) in [6, 6.07) is 19.4. The Bertz CT molecular complexity index is 1770. The van der Waals surface area contributed by atoms with E-state index in [0.29, 0.717) is 55.8 Å². The first-order valence-electron chi connectivity index (χ1n) is 12.3. The molecular weight excluding hydrogens is 569 g/mol. The van der Waals surface area contributed by atoms with Crippen molar-refractivity contribution in [3.05, 3.63) is 94.2 Å². The molecule has 0 fully saturated rings. The first-order valence-corrected chi connectivity index (χ1v) is 13.4. The van der Waals surface area contributed by atoms with E-state index >= 15 is 0 Å². The predicted octanol–water partition coefficient (Wildman–Crippen LogP) is 8.42. The predicted molar refractivity (Wildman–Crippen MR) is 163 cm³/mol. The topological polar surface area (TPSA) is 101 Å². The molecule has 0 radical (unpaired) electrons. The van der Waals surface area contributed by atoms with Crippen molar-refractivity contribution >= 4 is 69.3 Å². The SMILES string of the molecule is CC(C)c1ccc2oc(-c3ccc(NC(=S)NC(=O)C=Cc4ccc(-c5cccc(Cl)c5Cl)o4)cc3O)nc2c1. The van der Waals surface area contributed by atoms with Crippen LogP contribution in [0.3, 0.4) is 0 Å². The number of carbonyl (C=O) groups excluding carboxylic acids is 1. The lowest BCUT2D eigenvalue weighted by Crippen LogP contribution is -2.32. The van der Waals surface area contributed by atoms with E-state index in [-0.39, 0.29) is 10.9 Å². The molecule has 40 heavy (non-hydrogen) atoms. The number of phenolic OH excluding ortho intramolecular Hbond substituents is 1. The number of halogens is 2. The third kappa shape index (κ3) is 6.04. The van der Waals surface area contributed by atoms with Crippen molar-refractivity contribution in [3.8, 4) is 28.5 Å². The van der Waals surface area contributed by atoms with E-state index in [0.717, 1.165) is 11.1 Å². The Morgan fingerprint density at radius 3 is 2.62 bits per heavy atom. The standard InChI is InChI=1S/C30H23Cl2N3O4S/c1-16(2)17-6-11-26-23(14-17)34-29(39-26)20-10-7-18(15-24(20)36)33-30(40)35-27(37)13-9-19-8-12-25(38-19)21-4-3-5-22(31)28(21)32/h3-16,36H,1-2H3,(H2,33,35,37,40). The molecule has 2 aromatic heterocycles. The summed E-state index contributed by atoms with van der Waals surface area (Å²) >= 11 is 17.6. The third-order valence-electron chi connectivity index (χ3n) is 6.04. The fourth-order valence-electron chi connectivity index (χ4n) is 3.96. The monoisotopic (exact) mass is 591 g/mol. The summed E-state index contributed by atoms with van der Waals surface area (Å²) < 4.78 is 11.6. The van der Waals surface area contributed by atoms with Crippen molar-refractivity contribution in [2.45, 2.75) is 19.8 Å². The molecule has 0 unspecified atom stereocenters. The second-order valence-corrected chi connectivity index (χ2v) is 10.4. The van der Waals surface area contributed by atoms with Crippen LogP contribution in [0.5, 0.6) is 5.75 Å². The largest absolute Gasteiger partial charge is 0.507 e. The first-order chi connectivity index (χ1) is 19.2. The fourth-order valence-corrected chi connectivity index (χ4v) is 4.58. The number of phenols is 1. The number of anilines is 1. The summed E-state index contributed by atoms with van der Waals surface area (Å²) in [5, 5.41) is 16.9. The number of fused-ring (bicyclic) bond motifs is 1. The molecule has 5 rings (SSSR count). The number of aromatic nitrogens is 1. The molecule has 3 aromatic carbocycles. The van der Waals surface area contributed by atoms with Crippen LogP contribution in [0, 0.1) is 0 Å². The number of hydrogen-bond acceptors (Lipinski definition) is 6.